The molecule has 4 rings (SSSR count). The Morgan fingerprint density at radius 3 is 2.48 bits per heavy atom. The average molecular weight is 451 g/mol. The second-order valence-corrected chi connectivity index (χ2v) is 8.68. The largest absolute Gasteiger partial charge is 0.491 e. The molecule has 162 valence electrons. The second-order valence-electron chi connectivity index (χ2n) is 6.67. The van der Waals surface area contributed by atoms with Crippen molar-refractivity contribution in [2.75, 3.05) is 20.2 Å². The number of likely N-dealkylation sites (N-methyl/N-ethyl adjacent to an activating group) is 1. The van der Waals surface area contributed by atoms with Crippen LogP contribution in [-0.2, 0) is 16.2 Å². The van der Waals surface area contributed by atoms with Gasteiger partial charge in [-0.3, -0.25) is 0 Å². The van der Waals surface area contributed by atoms with Crippen molar-refractivity contribution in [3.05, 3.63) is 60.4 Å². The maximum atomic E-state index is 12.8. The first-order valence-electron chi connectivity index (χ1n) is 9.06. The van der Waals surface area contributed by atoms with Gasteiger partial charge in [0.25, 0.3) is 0 Å². The van der Waals surface area contributed by atoms with Crippen LogP contribution >= 0.6 is 0 Å². The van der Waals surface area contributed by atoms with Gasteiger partial charge in [-0.05, 0) is 42.5 Å². The Bertz CT molecular complexity index is 1220. The minimum absolute atomic E-state index is 0.0162. The van der Waals surface area contributed by atoms with E-state index >= 15 is 0 Å². The molecule has 0 N–H and O–H groups in total. The summed E-state index contributed by atoms with van der Waals surface area (Å²) < 4.78 is 76.2. The third-order valence-electron chi connectivity index (χ3n) is 4.63. The lowest BCUT2D eigenvalue weighted by molar-refractivity contribution is -0.137. The van der Waals surface area contributed by atoms with Gasteiger partial charge in [-0.15, -0.1) is 0 Å². The first kappa shape index (κ1) is 21.1. The molecule has 3 aromatic rings. The van der Waals surface area contributed by atoms with E-state index in [4.69, 9.17) is 9.47 Å². The molecule has 0 radical (unpaired) electrons. The van der Waals surface area contributed by atoms with Crippen molar-refractivity contribution < 1.29 is 31.1 Å². The number of halogens is 3. The second kappa shape index (κ2) is 7.82. The highest BCUT2D eigenvalue weighted by molar-refractivity contribution is 7.89. The number of rotatable bonds is 3. The number of hydrogen-bond acceptors (Lipinski definition) is 6. The van der Waals surface area contributed by atoms with Gasteiger partial charge in [0.05, 0.1) is 5.56 Å². The van der Waals surface area contributed by atoms with Gasteiger partial charge in [-0.1, -0.05) is 0 Å². The molecule has 0 amide bonds. The fourth-order valence-electron chi connectivity index (χ4n) is 2.97. The van der Waals surface area contributed by atoms with E-state index in [0.717, 1.165) is 12.1 Å². The van der Waals surface area contributed by atoms with E-state index in [2.05, 4.69) is 9.97 Å². The molecule has 11 heteroatoms. The summed E-state index contributed by atoms with van der Waals surface area (Å²) in [5, 5.41) is 0. The molecular formula is C20H16F3N3O4S. The number of aromatic nitrogens is 2. The van der Waals surface area contributed by atoms with Crippen LogP contribution in [0.15, 0.2) is 59.8 Å². The summed E-state index contributed by atoms with van der Waals surface area (Å²) in [4.78, 5) is 8.31. The number of benzene rings is 2. The van der Waals surface area contributed by atoms with Gasteiger partial charge in [0.1, 0.15) is 28.7 Å². The smallest absolute Gasteiger partial charge is 0.416 e. The quantitative estimate of drug-likeness (QED) is 0.600. The third kappa shape index (κ3) is 4.19. The first-order chi connectivity index (χ1) is 14.7. The molecule has 0 atom stereocenters. The number of ether oxygens (including phenoxy) is 2. The summed E-state index contributed by atoms with van der Waals surface area (Å²) >= 11 is 0. The van der Waals surface area contributed by atoms with Gasteiger partial charge in [0.15, 0.2) is 0 Å². The Kier molecular flexibility index (Phi) is 5.31. The molecule has 2 heterocycles. The molecule has 0 saturated heterocycles. The van der Waals surface area contributed by atoms with Crippen LogP contribution in [0.25, 0.3) is 11.3 Å². The fraction of sp³-hybridized carbons (Fsp3) is 0.200. The molecule has 2 aromatic carbocycles. The number of nitrogens with zero attached hydrogens (tertiary/aromatic N) is 3. The summed E-state index contributed by atoms with van der Waals surface area (Å²) in [5.74, 6) is 0.366. The Balaban J connectivity index is 1.71. The third-order valence-corrected chi connectivity index (χ3v) is 6.51. The van der Waals surface area contributed by atoms with Crippen LogP contribution in [0.2, 0.25) is 0 Å². The van der Waals surface area contributed by atoms with Crippen LogP contribution in [0.3, 0.4) is 0 Å². The summed E-state index contributed by atoms with van der Waals surface area (Å²) in [5.41, 5.74) is -0.178. The van der Waals surface area contributed by atoms with Gasteiger partial charge in [-0.2, -0.15) is 17.5 Å². The lowest BCUT2D eigenvalue weighted by atomic mass is 10.1. The van der Waals surface area contributed by atoms with Crippen molar-refractivity contribution in [2.45, 2.75) is 11.1 Å². The molecule has 0 spiro atoms. The highest BCUT2D eigenvalue weighted by atomic mass is 32.2. The molecular weight excluding hydrogens is 435 g/mol. The zero-order valence-electron chi connectivity index (χ0n) is 16.1. The van der Waals surface area contributed by atoms with E-state index in [0.29, 0.717) is 5.56 Å². The van der Waals surface area contributed by atoms with Crippen molar-refractivity contribution in [1.29, 1.82) is 0 Å². The SMILES string of the molecule is CN1CCOc2ccc(-c3nccnc3Oc3ccc(C(F)(F)F)cc3)cc2S1(=O)=O. The summed E-state index contributed by atoms with van der Waals surface area (Å²) in [6.45, 7) is 0.426. The number of alkyl halides is 3. The van der Waals surface area contributed by atoms with Crippen LogP contribution in [0, 0.1) is 0 Å². The molecule has 1 aliphatic rings. The Hall–Kier alpha value is -3.18. The van der Waals surface area contributed by atoms with E-state index in [-0.39, 0.29) is 41.1 Å². The molecule has 0 unspecified atom stereocenters. The average Bonchev–Trinajstić information content (AvgIpc) is 2.84. The normalized spacial score (nSPS) is 16.1. The van der Waals surface area contributed by atoms with Gasteiger partial charge in [0.2, 0.25) is 15.9 Å². The van der Waals surface area contributed by atoms with Crippen molar-refractivity contribution >= 4 is 10.0 Å². The van der Waals surface area contributed by atoms with Gasteiger partial charge in [0, 0.05) is 31.5 Å². The maximum absolute atomic E-state index is 12.8. The Labute approximate surface area is 176 Å². The fourth-order valence-corrected chi connectivity index (χ4v) is 4.28. The Morgan fingerprint density at radius 2 is 1.77 bits per heavy atom. The summed E-state index contributed by atoms with van der Waals surface area (Å²) in [6.07, 6.45) is -1.70. The molecule has 1 aliphatic heterocycles. The topological polar surface area (TPSA) is 81.6 Å². The molecule has 0 bridgehead atoms. The van der Waals surface area contributed by atoms with E-state index in [1.54, 1.807) is 6.07 Å². The number of fused-ring (bicyclic) bond motifs is 1. The molecule has 0 aliphatic carbocycles. The zero-order chi connectivity index (χ0) is 22.2. The van der Waals surface area contributed by atoms with Crippen molar-refractivity contribution in [2.24, 2.45) is 0 Å². The first-order valence-corrected chi connectivity index (χ1v) is 10.5. The van der Waals surface area contributed by atoms with Crippen molar-refractivity contribution in [3.8, 4) is 28.6 Å². The van der Waals surface area contributed by atoms with Crippen LogP contribution in [0.1, 0.15) is 5.56 Å². The monoisotopic (exact) mass is 451 g/mol. The van der Waals surface area contributed by atoms with Crippen LogP contribution in [0.5, 0.6) is 17.4 Å². The summed E-state index contributed by atoms with van der Waals surface area (Å²) in [6, 6.07) is 8.69. The standard InChI is InChI=1S/C20H16F3N3O4S/c1-26-10-11-29-16-7-2-13(12-17(16)31(26,27)28)18-19(25-9-8-24-18)30-15-5-3-14(4-6-15)20(21,22)23/h2-9,12H,10-11H2,1H3. The van der Waals surface area contributed by atoms with Gasteiger partial charge in [-0.25, -0.2) is 18.4 Å². The minimum Gasteiger partial charge on any atom is -0.491 e. The van der Waals surface area contributed by atoms with Crippen LogP contribution in [0.4, 0.5) is 13.2 Å². The van der Waals surface area contributed by atoms with Crippen molar-refractivity contribution in [3.63, 3.8) is 0 Å². The van der Waals surface area contributed by atoms with E-state index in [1.807, 2.05) is 0 Å². The predicted molar refractivity (Wildman–Crippen MR) is 104 cm³/mol. The maximum Gasteiger partial charge on any atom is 0.416 e. The van der Waals surface area contributed by atoms with Gasteiger partial charge < -0.3 is 9.47 Å². The minimum atomic E-state index is -4.46. The van der Waals surface area contributed by atoms with E-state index in [9.17, 15) is 21.6 Å². The Morgan fingerprint density at radius 1 is 1.06 bits per heavy atom. The highest BCUT2D eigenvalue weighted by Gasteiger charge is 2.31. The molecule has 7 nitrogen and oxygen atoms in total. The van der Waals surface area contributed by atoms with Gasteiger partial charge >= 0.3 is 6.18 Å². The predicted octanol–water partition coefficient (Wildman–Crippen LogP) is 3.97. The number of hydrogen-bond donors (Lipinski definition) is 0. The van der Waals surface area contributed by atoms with Crippen molar-refractivity contribution in [1.82, 2.24) is 14.3 Å². The molecule has 31 heavy (non-hydrogen) atoms. The summed E-state index contributed by atoms with van der Waals surface area (Å²) in [7, 11) is -2.31. The lowest BCUT2D eigenvalue weighted by Crippen LogP contribution is -2.28. The molecule has 0 fully saturated rings. The zero-order valence-corrected chi connectivity index (χ0v) is 16.9. The van der Waals surface area contributed by atoms with Crippen LogP contribution < -0.4 is 9.47 Å². The van der Waals surface area contributed by atoms with Crippen LogP contribution in [-0.4, -0.2) is 42.9 Å². The highest BCUT2D eigenvalue weighted by Crippen LogP contribution is 2.36. The van der Waals surface area contributed by atoms with E-state index < -0.39 is 21.8 Å². The molecule has 1 aromatic heterocycles. The number of sulfonamides is 1. The lowest BCUT2D eigenvalue weighted by Gasteiger charge is -2.14. The van der Waals surface area contributed by atoms with E-state index in [1.165, 1.54) is 48.0 Å². The molecule has 0 saturated carbocycles.